The van der Waals surface area contributed by atoms with Gasteiger partial charge in [0, 0.05) is 0 Å². The molecule has 3 nitrogen and oxygen atoms in total. The lowest BCUT2D eigenvalue weighted by Crippen LogP contribution is -2.31. The first kappa shape index (κ1) is 16.1. The maximum Gasteiger partial charge on any atom is 0.243 e. The lowest BCUT2D eigenvalue weighted by atomic mass is 10.1. The van der Waals surface area contributed by atoms with E-state index >= 15 is 0 Å². The van der Waals surface area contributed by atoms with E-state index in [-0.39, 0.29) is 17.8 Å². The fourth-order valence-electron chi connectivity index (χ4n) is 1.67. The molecule has 0 aromatic heterocycles. The van der Waals surface area contributed by atoms with E-state index in [9.17, 15) is 4.79 Å². The minimum atomic E-state index is -0.236. The van der Waals surface area contributed by atoms with Crippen LogP contribution in [0, 0.1) is 12.8 Å². The second kappa shape index (κ2) is 7.61. The van der Waals surface area contributed by atoms with Gasteiger partial charge in [0.15, 0.2) is 0 Å². The number of carbonyl (C=O) groups is 1. The van der Waals surface area contributed by atoms with Gasteiger partial charge >= 0.3 is 0 Å². The number of rotatable bonds is 6. The molecule has 0 radical (unpaired) electrons. The van der Waals surface area contributed by atoms with Crippen LogP contribution in [0.15, 0.2) is 18.2 Å². The molecule has 0 aliphatic carbocycles. The molecular formula is C14H19Cl2NO2. The number of para-hydroxylation sites is 1. The minimum absolute atomic E-state index is 0.0500. The number of amides is 1. The molecule has 0 bridgehead atoms. The molecule has 0 saturated heterocycles. The standard InChI is InChI=1S/C14H19Cl2NO2/c1-10(2)8-19-12-6-4-5-11(3)14(12)17(9-16)13(18)7-15/h4-6,10H,7-9H2,1-3H3. The zero-order valence-corrected chi connectivity index (χ0v) is 13.0. The quantitative estimate of drug-likeness (QED) is 0.591. The number of hydrogen-bond donors (Lipinski definition) is 0. The molecule has 0 N–H and O–H groups in total. The number of carbonyl (C=O) groups excluding carboxylic acids is 1. The van der Waals surface area contributed by atoms with Crippen LogP contribution in [-0.4, -0.2) is 24.4 Å². The first-order valence-electron chi connectivity index (χ1n) is 6.16. The Balaban J connectivity index is 3.11. The Bertz CT molecular complexity index is 435. The monoisotopic (exact) mass is 303 g/mol. The van der Waals surface area contributed by atoms with Crippen molar-refractivity contribution in [2.24, 2.45) is 5.92 Å². The van der Waals surface area contributed by atoms with Crippen LogP contribution in [0.1, 0.15) is 19.4 Å². The fourth-order valence-corrected chi connectivity index (χ4v) is 2.07. The summed E-state index contributed by atoms with van der Waals surface area (Å²) in [7, 11) is 0. The second-order valence-electron chi connectivity index (χ2n) is 4.70. The average Bonchev–Trinajstić information content (AvgIpc) is 2.39. The van der Waals surface area contributed by atoms with Crippen LogP contribution in [0.5, 0.6) is 5.75 Å². The van der Waals surface area contributed by atoms with Gasteiger partial charge in [0.1, 0.15) is 17.6 Å². The molecule has 19 heavy (non-hydrogen) atoms. The summed E-state index contributed by atoms with van der Waals surface area (Å²) in [5.41, 5.74) is 1.63. The van der Waals surface area contributed by atoms with E-state index < -0.39 is 0 Å². The molecule has 1 aromatic rings. The Morgan fingerprint density at radius 3 is 2.58 bits per heavy atom. The van der Waals surface area contributed by atoms with Gasteiger partial charge in [0.25, 0.3) is 0 Å². The van der Waals surface area contributed by atoms with Crippen molar-refractivity contribution in [3.05, 3.63) is 23.8 Å². The summed E-state index contributed by atoms with van der Waals surface area (Å²) < 4.78 is 5.76. The molecule has 1 aromatic carbocycles. The van der Waals surface area contributed by atoms with Crippen molar-refractivity contribution in [1.82, 2.24) is 0 Å². The molecular weight excluding hydrogens is 285 g/mol. The van der Waals surface area contributed by atoms with Gasteiger partial charge in [0.2, 0.25) is 5.91 Å². The van der Waals surface area contributed by atoms with Crippen molar-refractivity contribution < 1.29 is 9.53 Å². The Morgan fingerprint density at radius 1 is 1.37 bits per heavy atom. The number of aryl methyl sites for hydroxylation is 1. The highest BCUT2D eigenvalue weighted by Crippen LogP contribution is 2.32. The summed E-state index contributed by atoms with van der Waals surface area (Å²) in [4.78, 5) is 13.3. The van der Waals surface area contributed by atoms with E-state index in [1.165, 1.54) is 4.90 Å². The number of nitrogens with zero attached hydrogens (tertiary/aromatic N) is 1. The average molecular weight is 304 g/mol. The van der Waals surface area contributed by atoms with Gasteiger partial charge in [-0.15, -0.1) is 23.2 Å². The lowest BCUT2D eigenvalue weighted by Gasteiger charge is -2.24. The summed E-state index contributed by atoms with van der Waals surface area (Å²) in [5.74, 6) is 0.722. The maximum atomic E-state index is 11.8. The number of anilines is 1. The van der Waals surface area contributed by atoms with Crippen LogP contribution in [0.4, 0.5) is 5.69 Å². The number of hydrogen-bond acceptors (Lipinski definition) is 2. The third kappa shape index (κ3) is 4.29. The number of ether oxygens (including phenoxy) is 1. The minimum Gasteiger partial charge on any atom is -0.491 e. The van der Waals surface area contributed by atoms with Gasteiger partial charge in [-0.25, -0.2) is 0 Å². The largest absolute Gasteiger partial charge is 0.491 e. The zero-order chi connectivity index (χ0) is 14.4. The van der Waals surface area contributed by atoms with E-state index in [0.717, 1.165) is 5.56 Å². The van der Waals surface area contributed by atoms with Gasteiger partial charge in [-0.05, 0) is 24.5 Å². The zero-order valence-electron chi connectivity index (χ0n) is 11.5. The van der Waals surface area contributed by atoms with Crippen molar-refractivity contribution >= 4 is 34.8 Å². The third-order valence-corrected chi connectivity index (χ3v) is 3.05. The fraction of sp³-hybridized carbons (Fsp3) is 0.500. The second-order valence-corrected chi connectivity index (χ2v) is 5.21. The van der Waals surface area contributed by atoms with Crippen LogP contribution in [0.2, 0.25) is 0 Å². The Hall–Kier alpha value is -0.930. The SMILES string of the molecule is Cc1cccc(OCC(C)C)c1N(CCl)C(=O)CCl. The van der Waals surface area contributed by atoms with Crippen LogP contribution in [0.25, 0.3) is 0 Å². The summed E-state index contributed by atoms with van der Waals surface area (Å²) in [6, 6.07) is 5.70. The number of halogens is 2. The predicted molar refractivity (Wildman–Crippen MR) is 80.4 cm³/mol. The van der Waals surface area contributed by atoms with Crippen LogP contribution in [-0.2, 0) is 4.79 Å². The van der Waals surface area contributed by atoms with Crippen LogP contribution < -0.4 is 9.64 Å². The number of alkyl halides is 2. The van der Waals surface area contributed by atoms with Gasteiger partial charge in [-0.2, -0.15) is 0 Å². The molecule has 0 atom stereocenters. The molecule has 0 aliphatic heterocycles. The summed E-state index contributed by atoms with van der Waals surface area (Å²) in [6.07, 6.45) is 0. The summed E-state index contributed by atoms with van der Waals surface area (Å²) >= 11 is 11.5. The Morgan fingerprint density at radius 2 is 2.05 bits per heavy atom. The Labute approximate surface area is 124 Å². The lowest BCUT2D eigenvalue weighted by molar-refractivity contribution is -0.116. The molecule has 0 unspecified atom stereocenters. The molecule has 0 fully saturated rings. The van der Waals surface area contributed by atoms with Crippen LogP contribution >= 0.6 is 23.2 Å². The molecule has 0 spiro atoms. The summed E-state index contributed by atoms with van der Waals surface area (Å²) in [6.45, 7) is 6.64. The maximum absolute atomic E-state index is 11.8. The molecule has 106 valence electrons. The highest BCUT2D eigenvalue weighted by molar-refractivity contribution is 6.31. The molecule has 0 aliphatic rings. The van der Waals surface area contributed by atoms with E-state index in [1.807, 2.05) is 25.1 Å². The van der Waals surface area contributed by atoms with Crippen molar-refractivity contribution in [2.75, 3.05) is 23.4 Å². The third-order valence-electron chi connectivity index (χ3n) is 2.58. The van der Waals surface area contributed by atoms with Crippen molar-refractivity contribution in [3.63, 3.8) is 0 Å². The topological polar surface area (TPSA) is 29.5 Å². The molecule has 0 heterocycles. The van der Waals surface area contributed by atoms with Gasteiger partial charge in [-0.1, -0.05) is 26.0 Å². The van der Waals surface area contributed by atoms with Crippen molar-refractivity contribution in [2.45, 2.75) is 20.8 Å². The van der Waals surface area contributed by atoms with Crippen molar-refractivity contribution in [1.29, 1.82) is 0 Å². The highest BCUT2D eigenvalue weighted by atomic mass is 35.5. The van der Waals surface area contributed by atoms with Gasteiger partial charge < -0.3 is 4.74 Å². The Kier molecular flexibility index (Phi) is 6.46. The normalized spacial score (nSPS) is 10.6. The first-order valence-corrected chi connectivity index (χ1v) is 7.22. The van der Waals surface area contributed by atoms with E-state index in [2.05, 4.69) is 13.8 Å². The molecule has 5 heteroatoms. The predicted octanol–water partition coefficient (Wildman–Crippen LogP) is 3.80. The van der Waals surface area contributed by atoms with Gasteiger partial charge in [-0.3, -0.25) is 9.69 Å². The van der Waals surface area contributed by atoms with Crippen molar-refractivity contribution in [3.8, 4) is 5.75 Å². The van der Waals surface area contributed by atoms with Crippen LogP contribution in [0.3, 0.4) is 0 Å². The molecule has 1 amide bonds. The van der Waals surface area contributed by atoms with E-state index in [4.69, 9.17) is 27.9 Å². The molecule has 0 saturated carbocycles. The highest BCUT2D eigenvalue weighted by Gasteiger charge is 2.20. The van der Waals surface area contributed by atoms with Gasteiger partial charge in [0.05, 0.1) is 12.3 Å². The van der Waals surface area contributed by atoms with E-state index in [0.29, 0.717) is 24.0 Å². The first-order chi connectivity index (χ1) is 9.01. The smallest absolute Gasteiger partial charge is 0.243 e. The molecule has 1 rings (SSSR count). The van der Waals surface area contributed by atoms with E-state index in [1.54, 1.807) is 0 Å². The number of benzene rings is 1. The summed E-state index contributed by atoms with van der Waals surface area (Å²) in [5, 5.41) is 0.